The summed E-state index contributed by atoms with van der Waals surface area (Å²) in [4.78, 5) is 0. The molecule has 0 spiro atoms. The molecule has 1 aromatic heterocycles. The summed E-state index contributed by atoms with van der Waals surface area (Å²) in [5.74, 6) is 0.613. The van der Waals surface area contributed by atoms with Gasteiger partial charge in [-0.2, -0.15) is 4.31 Å². The highest BCUT2D eigenvalue weighted by Gasteiger charge is 2.42. The fourth-order valence-electron chi connectivity index (χ4n) is 2.61. The van der Waals surface area contributed by atoms with Crippen LogP contribution in [0.15, 0.2) is 21.6 Å². The van der Waals surface area contributed by atoms with E-state index in [4.69, 9.17) is 9.15 Å². The largest absolute Gasteiger partial charge is 0.447 e. The third kappa shape index (κ3) is 3.66. The SMILES string of the molecule is COCCNCc1ccc(S(=O)(=O)N2CCCC2(C)C)o1. The number of methoxy groups -OCH3 is 1. The molecule has 0 amide bonds. The maximum atomic E-state index is 12.6. The quantitative estimate of drug-likeness (QED) is 0.773. The van der Waals surface area contributed by atoms with Crippen LogP contribution in [-0.4, -0.2) is 45.1 Å². The van der Waals surface area contributed by atoms with Crippen molar-refractivity contribution in [2.75, 3.05) is 26.8 Å². The van der Waals surface area contributed by atoms with Crippen molar-refractivity contribution in [3.8, 4) is 0 Å². The van der Waals surface area contributed by atoms with Crippen molar-refractivity contribution in [1.29, 1.82) is 0 Å². The van der Waals surface area contributed by atoms with Gasteiger partial charge in [-0.15, -0.1) is 0 Å². The van der Waals surface area contributed by atoms with Crippen LogP contribution in [0.4, 0.5) is 0 Å². The van der Waals surface area contributed by atoms with Crippen LogP contribution in [0.5, 0.6) is 0 Å². The number of nitrogens with zero attached hydrogens (tertiary/aromatic N) is 1. The molecule has 6 nitrogen and oxygen atoms in total. The summed E-state index contributed by atoms with van der Waals surface area (Å²) in [6, 6.07) is 3.24. The lowest BCUT2D eigenvalue weighted by atomic mass is 10.0. The number of rotatable bonds is 7. The Morgan fingerprint density at radius 2 is 2.19 bits per heavy atom. The van der Waals surface area contributed by atoms with Gasteiger partial charge in [-0.1, -0.05) is 0 Å². The Kier molecular flexibility index (Phi) is 5.08. The molecule has 1 saturated heterocycles. The van der Waals surface area contributed by atoms with Gasteiger partial charge in [0.05, 0.1) is 13.2 Å². The summed E-state index contributed by atoms with van der Waals surface area (Å²) in [6.07, 6.45) is 1.76. The smallest absolute Gasteiger partial charge is 0.276 e. The summed E-state index contributed by atoms with van der Waals surface area (Å²) < 4.78 is 37.2. The first-order valence-electron chi connectivity index (χ1n) is 7.19. The van der Waals surface area contributed by atoms with Crippen molar-refractivity contribution in [1.82, 2.24) is 9.62 Å². The van der Waals surface area contributed by atoms with Crippen LogP contribution in [0.3, 0.4) is 0 Å². The Morgan fingerprint density at radius 3 is 2.81 bits per heavy atom. The first-order chi connectivity index (χ1) is 9.88. The van der Waals surface area contributed by atoms with Gasteiger partial charge in [0.25, 0.3) is 10.0 Å². The van der Waals surface area contributed by atoms with E-state index in [1.807, 2.05) is 13.8 Å². The lowest BCUT2D eigenvalue weighted by Crippen LogP contribution is -2.42. The third-order valence-corrected chi connectivity index (χ3v) is 5.77. The van der Waals surface area contributed by atoms with Crippen LogP contribution in [0.25, 0.3) is 0 Å². The second kappa shape index (κ2) is 6.48. The highest BCUT2D eigenvalue weighted by Crippen LogP contribution is 2.34. The average Bonchev–Trinajstić information content (AvgIpc) is 3.01. The standard InChI is InChI=1S/C14H24N2O4S/c1-14(2)7-4-9-16(14)21(17,18)13-6-5-12(20-13)11-15-8-10-19-3/h5-6,15H,4,7-11H2,1-3H3. The molecule has 0 radical (unpaired) electrons. The van der Waals surface area contributed by atoms with Gasteiger partial charge in [0, 0.05) is 25.7 Å². The molecule has 120 valence electrons. The van der Waals surface area contributed by atoms with Crippen molar-refractivity contribution in [2.45, 2.75) is 43.9 Å². The fraction of sp³-hybridized carbons (Fsp3) is 0.714. The zero-order valence-electron chi connectivity index (χ0n) is 12.9. The summed E-state index contributed by atoms with van der Waals surface area (Å²) >= 11 is 0. The molecule has 1 N–H and O–H groups in total. The first kappa shape index (κ1) is 16.5. The number of ether oxygens (including phenoxy) is 1. The average molecular weight is 316 g/mol. The van der Waals surface area contributed by atoms with E-state index in [1.54, 1.807) is 17.5 Å². The molecule has 0 unspecified atom stereocenters. The van der Waals surface area contributed by atoms with Gasteiger partial charge in [-0.25, -0.2) is 8.42 Å². The molecule has 0 aromatic carbocycles. The first-order valence-corrected chi connectivity index (χ1v) is 8.63. The Morgan fingerprint density at radius 1 is 1.43 bits per heavy atom. The number of furan rings is 1. The van der Waals surface area contributed by atoms with Gasteiger partial charge < -0.3 is 14.5 Å². The van der Waals surface area contributed by atoms with E-state index in [9.17, 15) is 8.42 Å². The van der Waals surface area contributed by atoms with Crippen molar-refractivity contribution in [3.05, 3.63) is 17.9 Å². The Balaban J connectivity index is 2.06. The Hall–Kier alpha value is -0.890. The molecule has 7 heteroatoms. The zero-order chi connectivity index (χ0) is 15.5. The molecular formula is C14H24N2O4S. The van der Waals surface area contributed by atoms with E-state index >= 15 is 0 Å². The van der Waals surface area contributed by atoms with E-state index in [0.29, 0.717) is 32.0 Å². The van der Waals surface area contributed by atoms with Crippen molar-refractivity contribution >= 4 is 10.0 Å². The van der Waals surface area contributed by atoms with Crippen LogP contribution in [0.2, 0.25) is 0 Å². The molecule has 0 saturated carbocycles. The topological polar surface area (TPSA) is 71.8 Å². The minimum absolute atomic E-state index is 0.0287. The van der Waals surface area contributed by atoms with Gasteiger partial charge in [0.2, 0.25) is 5.09 Å². The molecule has 1 aliphatic heterocycles. The number of hydrogen-bond donors (Lipinski definition) is 1. The summed E-state index contributed by atoms with van der Waals surface area (Å²) in [5.41, 5.74) is -0.345. The molecule has 0 aliphatic carbocycles. The summed E-state index contributed by atoms with van der Waals surface area (Å²) in [5, 5.41) is 3.15. The van der Waals surface area contributed by atoms with Crippen LogP contribution >= 0.6 is 0 Å². The highest BCUT2D eigenvalue weighted by atomic mass is 32.2. The van der Waals surface area contributed by atoms with Crippen LogP contribution < -0.4 is 5.32 Å². The van der Waals surface area contributed by atoms with Gasteiger partial charge in [-0.3, -0.25) is 0 Å². The van der Waals surface area contributed by atoms with Crippen molar-refractivity contribution in [2.24, 2.45) is 0 Å². The Bertz CT molecular complexity index is 565. The summed E-state index contributed by atoms with van der Waals surface area (Å²) in [6.45, 7) is 6.24. The van der Waals surface area contributed by atoms with E-state index in [1.165, 1.54) is 6.07 Å². The number of sulfonamides is 1. The van der Waals surface area contributed by atoms with Gasteiger partial charge >= 0.3 is 0 Å². The maximum Gasteiger partial charge on any atom is 0.276 e. The molecule has 2 rings (SSSR count). The highest BCUT2D eigenvalue weighted by molar-refractivity contribution is 7.89. The normalized spacial score (nSPS) is 19.2. The predicted molar refractivity (Wildman–Crippen MR) is 79.5 cm³/mol. The monoisotopic (exact) mass is 316 g/mol. The van der Waals surface area contributed by atoms with Crippen LogP contribution in [0, 0.1) is 0 Å². The second-order valence-electron chi connectivity index (χ2n) is 5.88. The molecule has 1 aromatic rings. The molecule has 0 bridgehead atoms. The molecule has 1 aliphatic rings. The lowest BCUT2D eigenvalue weighted by molar-refractivity contribution is 0.198. The summed E-state index contributed by atoms with van der Waals surface area (Å²) in [7, 11) is -1.91. The van der Waals surface area contributed by atoms with Gasteiger partial charge in [0.1, 0.15) is 5.76 Å². The number of nitrogens with one attached hydrogen (secondary N) is 1. The van der Waals surface area contributed by atoms with E-state index in [-0.39, 0.29) is 10.6 Å². The van der Waals surface area contributed by atoms with Crippen LogP contribution in [-0.2, 0) is 21.3 Å². The van der Waals surface area contributed by atoms with E-state index in [0.717, 1.165) is 12.8 Å². The molecule has 1 fully saturated rings. The van der Waals surface area contributed by atoms with Crippen LogP contribution in [0.1, 0.15) is 32.4 Å². The fourth-order valence-corrected chi connectivity index (χ4v) is 4.40. The lowest BCUT2D eigenvalue weighted by Gasteiger charge is -2.29. The van der Waals surface area contributed by atoms with E-state index < -0.39 is 10.0 Å². The molecule has 2 heterocycles. The predicted octanol–water partition coefficient (Wildman–Crippen LogP) is 1.58. The molecule has 0 atom stereocenters. The van der Waals surface area contributed by atoms with Crippen molar-refractivity contribution in [3.63, 3.8) is 0 Å². The van der Waals surface area contributed by atoms with Crippen molar-refractivity contribution < 1.29 is 17.6 Å². The van der Waals surface area contributed by atoms with Gasteiger partial charge in [0.15, 0.2) is 0 Å². The third-order valence-electron chi connectivity index (χ3n) is 3.79. The minimum Gasteiger partial charge on any atom is -0.447 e. The Labute approximate surface area is 126 Å². The molecular weight excluding hydrogens is 292 g/mol. The second-order valence-corrected chi connectivity index (χ2v) is 7.68. The van der Waals surface area contributed by atoms with Gasteiger partial charge in [-0.05, 0) is 38.8 Å². The van der Waals surface area contributed by atoms with E-state index in [2.05, 4.69) is 5.32 Å². The number of hydrogen-bond acceptors (Lipinski definition) is 5. The zero-order valence-corrected chi connectivity index (χ0v) is 13.7. The minimum atomic E-state index is -3.55. The maximum absolute atomic E-state index is 12.6. The molecule has 21 heavy (non-hydrogen) atoms.